The molecule has 0 aromatic heterocycles. The molecule has 0 radical (unpaired) electrons. The molecular weight excluding hydrogens is 218 g/mol. The molecule has 15 heavy (non-hydrogen) atoms. The van der Waals surface area contributed by atoms with E-state index in [-0.39, 0.29) is 25.2 Å². The Kier molecular flexibility index (Phi) is 4.93. The van der Waals surface area contributed by atoms with Crippen molar-refractivity contribution >= 4 is 18.4 Å². The Labute approximate surface area is 95.7 Å². The van der Waals surface area contributed by atoms with Crippen LogP contribution in [0.25, 0.3) is 0 Å². The summed E-state index contributed by atoms with van der Waals surface area (Å²) in [5, 5.41) is 20.4. The summed E-state index contributed by atoms with van der Waals surface area (Å²) >= 11 is 0. The lowest BCUT2D eigenvalue weighted by molar-refractivity contribution is -0.139. The molecule has 1 rings (SSSR count). The molecule has 0 saturated carbocycles. The molecule has 0 bridgehead atoms. The molecule has 84 valence electrons. The predicted octanol–water partition coefficient (Wildman–Crippen LogP) is 1.03. The number of halogens is 1. The monoisotopic (exact) mass is 232 g/mol. The third-order valence-corrected chi connectivity index (χ3v) is 1.92. The third-order valence-electron chi connectivity index (χ3n) is 1.92. The molecule has 0 aliphatic rings. The zero-order valence-corrected chi connectivity index (χ0v) is 8.83. The molecule has 3 N–H and O–H groups in total. The number of aromatic hydroxyl groups is 1. The number of hydrogen-bond acceptors (Lipinski definition) is 3. The van der Waals surface area contributed by atoms with Crippen molar-refractivity contribution in [2.45, 2.75) is 12.5 Å². The van der Waals surface area contributed by atoms with Gasteiger partial charge in [0.2, 0.25) is 0 Å². The molecule has 5 heteroatoms. The van der Waals surface area contributed by atoms with Gasteiger partial charge in [0.05, 0.1) is 0 Å². The van der Waals surface area contributed by atoms with Gasteiger partial charge in [0, 0.05) is 1.37 Å². The molecule has 0 amide bonds. The van der Waals surface area contributed by atoms with Gasteiger partial charge in [-0.25, -0.2) is 0 Å². The Morgan fingerprint density at radius 1 is 1.53 bits per heavy atom. The first kappa shape index (κ1) is 11.8. The number of aliphatic carboxylic acids is 1. The first-order valence-corrected chi connectivity index (χ1v) is 4.17. The SMILES string of the molecule is Cl.[2H]CN[C@@H](Cc1ccc(O)cc1)C(=O)O. The number of nitrogens with one attached hydrogen (secondary N) is 1. The van der Waals surface area contributed by atoms with Gasteiger partial charge in [-0.15, -0.1) is 12.4 Å². The molecule has 0 heterocycles. The Morgan fingerprint density at radius 2 is 2.13 bits per heavy atom. The van der Waals surface area contributed by atoms with Crippen molar-refractivity contribution < 1.29 is 16.4 Å². The summed E-state index contributed by atoms with van der Waals surface area (Å²) < 4.78 is 6.91. The van der Waals surface area contributed by atoms with Crippen molar-refractivity contribution in [3.63, 3.8) is 0 Å². The average Bonchev–Trinajstić information content (AvgIpc) is 2.20. The summed E-state index contributed by atoms with van der Waals surface area (Å²) in [6, 6.07) is 5.59. The molecule has 0 fully saturated rings. The minimum atomic E-state index is -0.977. The highest BCUT2D eigenvalue weighted by atomic mass is 35.5. The Bertz CT molecular complexity index is 331. The lowest BCUT2D eigenvalue weighted by atomic mass is 10.1. The van der Waals surface area contributed by atoms with Crippen LogP contribution in [0, 0.1) is 0 Å². The van der Waals surface area contributed by atoms with E-state index in [0.29, 0.717) is 6.42 Å². The van der Waals surface area contributed by atoms with Gasteiger partial charge in [0.15, 0.2) is 0 Å². The number of likely N-dealkylation sites (N-methyl/N-ethyl adjacent to an activating group) is 1. The van der Waals surface area contributed by atoms with E-state index < -0.39 is 12.0 Å². The molecular formula is C10H14ClNO3. The maximum atomic E-state index is 10.8. The summed E-state index contributed by atoms with van der Waals surface area (Å²) in [5.74, 6) is -0.825. The van der Waals surface area contributed by atoms with Crippen LogP contribution >= 0.6 is 12.4 Å². The molecule has 0 aliphatic carbocycles. The van der Waals surface area contributed by atoms with Crippen LogP contribution < -0.4 is 5.32 Å². The molecule has 1 aromatic rings. The number of benzene rings is 1. The minimum absolute atomic E-state index is 0. The fraction of sp³-hybridized carbons (Fsp3) is 0.300. The number of phenolic OH excluding ortho intramolecular Hbond substituents is 1. The summed E-state index contributed by atoms with van der Waals surface area (Å²) in [4.78, 5) is 10.8. The van der Waals surface area contributed by atoms with Crippen LogP contribution in [0.4, 0.5) is 0 Å². The lowest BCUT2D eigenvalue weighted by Crippen LogP contribution is -2.35. The van der Waals surface area contributed by atoms with Crippen molar-refractivity contribution in [2.75, 3.05) is 7.02 Å². The summed E-state index contributed by atoms with van der Waals surface area (Å²) in [5.41, 5.74) is 0.807. The van der Waals surface area contributed by atoms with Crippen LogP contribution in [0.2, 0.25) is 0 Å². The van der Waals surface area contributed by atoms with Gasteiger partial charge in [0.25, 0.3) is 0 Å². The Hall–Kier alpha value is -1.26. The van der Waals surface area contributed by atoms with Gasteiger partial charge in [-0.3, -0.25) is 4.79 Å². The average molecular weight is 233 g/mol. The van der Waals surface area contributed by atoms with Crippen molar-refractivity contribution in [1.82, 2.24) is 5.32 Å². The van der Waals surface area contributed by atoms with E-state index in [2.05, 4.69) is 5.32 Å². The van der Waals surface area contributed by atoms with E-state index in [1.54, 1.807) is 12.1 Å². The third kappa shape index (κ3) is 4.18. The first-order valence-electron chi connectivity index (χ1n) is 4.87. The smallest absolute Gasteiger partial charge is 0.321 e. The number of rotatable bonds is 4. The predicted molar refractivity (Wildman–Crippen MR) is 59.5 cm³/mol. The number of carbonyl (C=O) groups is 1. The highest BCUT2D eigenvalue weighted by molar-refractivity contribution is 5.85. The lowest BCUT2D eigenvalue weighted by Gasteiger charge is -2.10. The number of carboxylic acids is 1. The van der Waals surface area contributed by atoms with Crippen LogP contribution in [-0.4, -0.2) is 29.2 Å². The van der Waals surface area contributed by atoms with Crippen LogP contribution in [0.3, 0.4) is 0 Å². The maximum Gasteiger partial charge on any atom is 0.321 e. The Morgan fingerprint density at radius 3 is 2.60 bits per heavy atom. The highest BCUT2D eigenvalue weighted by Gasteiger charge is 2.14. The quantitative estimate of drug-likeness (QED) is 0.725. The normalized spacial score (nSPS) is 12.4. The molecule has 0 spiro atoms. The summed E-state index contributed by atoms with van der Waals surface area (Å²) in [6.45, 7) is 0. The topological polar surface area (TPSA) is 69.6 Å². The zero-order valence-electron chi connectivity index (χ0n) is 9.01. The second-order valence-corrected chi connectivity index (χ2v) is 2.97. The summed E-state index contributed by atoms with van der Waals surface area (Å²) in [6.07, 6.45) is 0.300. The van der Waals surface area contributed by atoms with E-state index in [4.69, 9.17) is 11.6 Å². The number of phenols is 1. The van der Waals surface area contributed by atoms with Gasteiger partial charge >= 0.3 is 5.97 Å². The van der Waals surface area contributed by atoms with E-state index in [0.717, 1.165) is 5.56 Å². The van der Waals surface area contributed by atoms with E-state index in [9.17, 15) is 4.79 Å². The molecule has 0 unspecified atom stereocenters. The second kappa shape index (κ2) is 6.27. The molecule has 1 atom stereocenters. The van der Waals surface area contributed by atoms with Crippen molar-refractivity contribution in [2.24, 2.45) is 0 Å². The fourth-order valence-corrected chi connectivity index (χ4v) is 1.11. The number of hydrogen-bond donors (Lipinski definition) is 3. The molecule has 0 saturated heterocycles. The largest absolute Gasteiger partial charge is 0.508 e. The van der Waals surface area contributed by atoms with Gasteiger partial charge in [0.1, 0.15) is 11.8 Å². The van der Waals surface area contributed by atoms with Crippen LogP contribution in [0.15, 0.2) is 24.3 Å². The minimum Gasteiger partial charge on any atom is -0.508 e. The molecule has 4 nitrogen and oxygen atoms in total. The standard InChI is InChI=1S/C10H13NO3.ClH/c1-11-9(10(13)14)6-7-2-4-8(12)5-3-7;/h2-5,9,11-12H,6H2,1H3,(H,13,14);1H/t9-;/m0./s1/i1D;. The molecule has 1 aromatic carbocycles. The van der Waals surface area contributed by atoms with Crippen molar-refractivity contribution in [3.05, 3.63) is 29.8 Å². The molecule has 0 aliphatic heterocycles. The van der Waals surface area contributed by atoms with Gasteiger partial charge in [-0.05, 0) is 31.1 Å². The van der Waals surface area contributed by atoms with Gasteiger partial charge in [-0.2, -0.15) is 0 Å². The van der Waals surface area contributed by atoms with E-state index in [1.165, 1.54) is 12.1 Å². The second-order valence-electron chi connectivity index (χ2n) is 2.97. The Balaban J connectivity index is 0.00000225. The number of carboxylic acid groups (broad SMARTS) is 1. The van der Waals surface area contributed by atoms with E-state index >= 15 is 0 Å². The first-order chi connectivity index (χ1) is 7.13. The van der Waals surface area contributed by atoms with E-state index in [1.807, 2.05) is 0 Å². The van der Waals surface area contributed by atoms with Gasteiger partial charge < -0.3 is 15.5 Å². The van der Waals surface area contributed by atoms with Crippen LogP contribution in [0.1, 0.15) is 6.93 Å². The fourth-order valence-electron chi connectivity index (χ4n) is 1.11. The maximum absolute atomic E-state index is 10.8. The zero-order chi connectivity index (χ0) is 11.3. The van der Waals surface area contributed by atoms with Crippen molar-refractivity contribution in [3.8, 4) is 5.75 Å². The highest BCUT2D eigenvalue weighted by Crippen LogP contribution is 2.11. The van der Waals surface area contributed by atoms with Crippen LogP contribution in [0.5, 0.6) is 5.75 Å². The van der Waals surface area contributed by atoms with Gasteiger partial charge in [-0.1, -0.05) is 12.1 Å². The van der Waals surface area contributed by atoms with Crippen molar-refractivity contribution in [1.29, 1.82) is 0 Å². The summed E-state index contributed by atoms with van der Waals surface area (Å²) in [7, 11) is -0.130. The van der Waals surface area contributed by atoms with Crippen LogP contribution in [-0.2, 0) is 11.2 Å².